The monoisotopic (exact) mass is 260 g/mol. The number of hydrogen-bond donors (Lipinski definition) is 0. The number of carbonyl (C=O) groups is 2. The summed E-state index contributed by atoms with van der Waals surface area (Å²) in [7, 11) is 0. The van der Waals surface area contributed by atoms with Crippen molar-refractivity contribution in [3.63, 3.8) is 0 Å². The van der Waals surface area contributed by atoms with Gasteiger partial charge in [0.25, 0.3) is 0 Å². The van der Waals surface area contributed by atoms with E-state index in [1.54, 1.807) is 0 Å². The maximum Gasteiger partial charge on any atom is 0.137 e. The van der Waals surface area contributed by atoms with E-state index < -0.39 is 0 Å². The van der Waals surface area contributed by atoms with Crippen molar-refractivity contribution in [1.29, 1.82) is 0 Å². The van der Waals surface area contributed by atoms with Crippen LogP contribution in [-0.2, 0) is 9.59 Å². The minimum atomic E-state index is -0.101. The van der Waals surface area contributed by atoms with Gasteiger partial charge in [-0.3, -0.25) is 9.59 Å². The Labute approximate surface area is 115 Å². The van der Waals surface area contributed by atoms with Gasteiger partial charge in [0.2, 0.25) is 0 Å². The molecule has 2 nitrogen and oxygen atoms in total. The number of unbranched alkanes of at least 4 members (excludes halogenated alkanes) is 1. The third-order valence-electron chi connectivity index (χ3n) is 6.06. The molecule has 0 radical (unpaired) electrons. The number of ketones is 2. The molecule has 0 heterocycles. The second kappa shape index (κ2) is 4.29. The van der Waals surface area contributed by atoms with Gasteiger partial charge in [-0.1, -0.05) is 38.8 Å². The van der Waals surface area contributed by atoms with Crippen molar-refractivity contribution < 1.29 is 9.59 Å². The van der Waals surface area contributed by atoms with E-state index in [1.807, 2.05) is 0 Å². The predicted molar refractivity (Wildman–Crippen MR) is 74.6 cm³/mol. The molecular weight excluding hydrogens is 236 g/mol. The van der Waals surface area contributed by atoms with Gasteiger partial charge in [-0.2, -0.15) is 0 Å². The van der Waals surface area contributed by atoms with Crippen LogP contribution in [0.1, 0.15) is 52.9 Å². The molecule has 1 unspecified atom stereocenters. The first-order chi connectivity index (χ1) is 9.02. The summed E-state index contributed by atoms with van der Waals surface area (Å²) >= 11 is 0. The lowest BCUT2D eigenvalue weighted by molar-refractivity contribution is -0.126. The number of allylic oxidation sites excluding steroid dienone is 2. The SMILES string of the molecule is CCCCC1=C[C@]23C(C)C(=O)C[C@H]2CC(=O)[C@@H]3[C@@H]1C. The van der Waals surface area contributed by atoms with Crippen LogP contribution in [0.15, 0.2) is 11.6 Å². The molecule has 3 rings (SSSR count). The molecule has 2 saturated carbocycles. The average molecular weight is 260 g/mol. The van der Waals surface area contributed by atoms with Gasteiger partial charge < -0.3 is 0 Å². The van der Waals surface area contributed by atoms with E-state index >= 15 is 0 Å². The van der Waals surface area contributed by atoms with Gasteiger partial charge in [-0.15, -0.1) is 0 Å². The fourth-order valence-electron chi connectivity index (χ4n) is 5.04. The zero-order chi connectivity index (χ0) is 13.8. The quantitative estimate of drug-likeness (QED) is 0.727. The zero-order valence-electron chi connectivity index (χ0n) is 12.2. The van der Waals surface area contributed by atoms with Gasteiger partial charge in [-0.25, -0.2) is 0 Å². The second-order valence-electron chi connectivity index (χ2n) is 6.85. The first kappa shape index (κ1) is 13.1. The smallest absolute Gasteiger partial charge is 0.137 e. The Bertz CT molecular complexity index is 462. The molecule has 0 aliphatic heterocycles. The lowest BCUT2D eigenvalue weighted by Crippen LogP contribution is -2.34. The molecule has 3 aliphatic rings. The highest BCUT2D eigenvalue weighted by atomic mass is 16.1. The van der Waals surface area contributed by atoms with E-state index in [4.69, 9.17) is 0 Å². The molecule has 19 heavy (non-hydrogen) atoms. The highest BCUT2D eigenvalue weighted by Crippen LogP contribution is 2.65. The first-order valence-electron chi connectivity index (χ1n) is 7.79. The van der Waals surface area contributed by atoms with Crippen LogP contribution in [0.5, 0.6) is 0 Å². The summed E-state index contributed by atoms with van der Waals surface area (Å²) in [4.78, 5) is 24.5. The van der Waals surface area contributed by atoms with Crippen molar-refractivity contribution in [2.24, 2.45) is 29.1 Å². The highest BCUT2D eigenvalue weighted by Gasteiger charge is 2.65. The predicted octanol–water partition coefficient (Wildman–Crippen LogP) is 3.55. The molecule has 1 spiro atoms. The molecule has 0 saturated heterocycles. The van der Waals surface area contributed by atoms with Crippen LogP contribution >= 0.6 is 0 Å². The summed E-state index contributed by atoms with van der Waals surface area (Å²) in [5.41, 5.74) is 1.35. The highest BCUT2D eigenvalue weighted by molar-refractivity contribution is 5.94. The van der Waals surface area contributed by atoms with E-state index in [1.165, 1.54) is 18.4 Å². The minimum absolute atomic E-state index is 0.0514. The van der Waals surface area contributed by atoms with E-state index in [2.05, 4.69) is 26.8 Å². The molecule has 0 amide bonds. The van der Waals surface area contributed by atoms with Crippen LogP contribution in [0.3, 0.4) is 0 Å². The lowest BCUT2D eigenvalue weighted by Gasteiger charge is -2.32. The van der Waals surface area contributed by atoms with Crippen molar-refractivity contribution in [2.45, 2.75) is 52.9 Å². The Balaban J connectivity index is 2.00. The summed E-state index contributed by atoms with van der Waals surface area (Å²) in [5, 5.41) is 0. The molecule has 0 N–H and O–H groups in total. The number of hydrogen-bond acceptors (Lipinski definition) is 2. The molecule has 104 valence electrons. The van der Waals surface area contributed by atoms with E-state index in [9.17, 15) is 9.59 Å². The van der Waals surface area contributed by atoms with Gasteiger partial charge in [0.1, 0.15) is 11.6 Å². The van der Waals surface area contributed by atoms with Crippen LogP contribution in [-0.4, -0.2) is 11.6 Å². The molecule has 0 aromatic carbocycles. The second-order valence-corrected chi connectivity index (χ2v) is 6.85. The van der Waals surface area contributed by atoms with Crippen LogP contribution in [0.25, 0.3) is 0 Å². The van der Waals surface area contributed by atoms with E-state index in [-0.39, 0.29) is 17.3 Å². The molecule has 0 bridgehead atoms. The molecule has 0 aromatic rings. The van der Waals surface area contributed by atoms with Gasteiger partial charge in [0.05, 0.1) is 0 Å². The van der Waals surface area contributed by atoms with Gasteiger partial charge in [0, 0.05) is 30.1 Å². The van der Waals surface area contributed by atoms with E-state index in [0.29, 0.717) is 36.2 Å². The molecule has 5 atom stereocenters. The van der Waals surface area contributed by atoms with Crippen molar-refractivity contribution in [2.75, 3.05) is 0 Å². The fraction of sp³-hybridized carbons (Fsp3) is 0.765. The van der Waals surface area contributed by atoms with Crippen molar-refractivity contribution in [3.8, 4) is 0 Å². The minimum Gasteiger partial charge on any atom is -0.299 e. The summed E-state index contributed by atoms with van der Waals surface area (Å²) in [6, 6.07) is 0. The van der Waals surface area contributed by atoms with Crippen LogP contribution < -0.4 is 0 Å². The standard InChI is InChI=1S/C17H24O2/c1-4-5-6-12-9-17-11(3)14(18)7-13(17)8-15(19)16(17)10(12)2/h9-11,13,16H,4-8H2,1-3H3/t10-,11?,13+,16+,17+/m1/s1. The third-order valence-corrected chi connectivity index (χ3v) is 6.06. The Morgan fingerprint density at radius 1 is 1.21 bits per heavy atom. The maximum absolute atomic E-state index is 12.4. The molecule has 3 aliphatic carbocycles. The topological polar surface area (TPSA) is 34.1 Å². The molecule has 0 aromatic heterocycles. The summed E-state index contributed by atoms with van der Waals surface area (Å²) in [5.74, 6) is 1.61. The van der Waals surface area contributed by atoms with Crippen LogP contribution in [0, 0.1) is 29.1 Å². The largest absolute Gasteiger partial charge is 0.299 e. The van der Waals surface area contributed by atoms with Crippen molar-refractivity contribution >= 4 is 11.6 Å². The average Bonchev–Trinajstić information content (AvgIpc) is 2.89. The lowest BCUT2D eigenvalue weighted by atomic mass is 9.69. The summed E-state index contributed by atoms with van der Waals surface area (Å²) < 4.78 is 0. The Morgan fingerprint density at radius 2 is 1.89 bits per heavy atom. The van der Waals surface area contributed by atoms with Crippen LogP contribution in [0.4, 0.5) is 0 Å². The fourth-order valence-corrected chi connectivity index (χ4v) is 5.04. The van der Waals surface area contributed by atoms with Gasteiger partial charge in [-0.05, 0) is 24.7 Å². The molecule has 2 heteroatoms. The molecular formula is C17H24O2. The number of Topliss-reactive ketones (excluding diaryl/α,β-unsaturated/α-hetero) is 2. The third kappa shape index (κ3) is 1.55. The zero-order valence-corrected chi connectivity index (χ0v) is 12.2. The van der Waals surface area contributed by atoms with Crippen molar-refractivity contribution in [1.82, 2.24) is 0 Å². The molecule has 2 fully saturated rings. The Kier molecular flexibility index (Phi) is 2.95. The Hall–Kier alpha value is -0.920. The normalized spacial score (nSPS) is 44.5. The van der Waals surface area contributed by atoms with Crippen LogP contribution in [0.2, 0.25) is 0 Å². The number of carbonyl (C=O) groups excluding carboxylic acids is 2. The first-order valence-corrected chi connectivity index (χ1v) is 7.79. The van der Waals surface area contributed by atoms with Gasteiger partial charge in [0.15, 0.2) is 0 Å². The maximum atomic E-state index is 12.4. The Morgan fingerprint density at radius 3 is 2.58 bits per heavy atom. The van der Waals surface area contributed by atoms with Crippen molar-refractivity contribution in [3.05, 3.63) is 11.6 Å². The van der Waals surface area contributed by atoms with E-state index in [0.717, 1.165) is 6.42 Å². The summed E-state index contributed by atoms with van der Waals surface area (Å²) in [6.45, 7) is 6.46. The van der Waals surface area contributed by atoms with Gasteiger partial charge >= 0.3 is 0 Å². The summed E-state index contributed by atoms with van der Waals surface area (Å²) in [6.07, 6.45) is 7.14. The number of rotatable bonds is 3.